The summed E-state index contributed by atoms with van der Waals surface area (Å²) >= 11 is 0. The summed E-state index contributed by atoms with van der Waals surface area (Å²) in [5.74, 6) is -3.11. The van der Waals surface area contributed by atoms with E-state index >= 15 is 0 Å². The number of esters is 2. The third-order valence-corrected chi connectivity index (χ3v) is 1.65. The molecule has 86 valence electrons. The lowest BCUT2D eigenvalue weighted by atomic mass is 10.1. The summed E-state index contributed by atoms with van der Waals surface area (Å²) in [5.41, 5.74) is -0.265. The van der Waals surface area contributed by atoms with E-state index in [4.69, 9.17) is 0 Å². The molecule has 4 nitrogen and oxygen atoms in total. The van der Waals surface area contributed by atoms with Crippen molar-refractivity contribution < 1.29 is 23.5 Å². The van der Waals surface area contributed by atoms with Crippen LogP contribution in [-0.2, 0) is 19.1 Å². The first kappa shape index (κ1) is 13.6. The van der Waals surface area contributed by atoms with Crippen molar-refractivity contribution in [1.82, 2.24) is 0 Å². The zero-order valence-corrected chi connectivity index (χ0v) is 9.13. The van der Waals surface area contributed by atoms with E-state index in [-0.39, 0.29) is 18.6 Å². The number of halogens is 1. The Morgan fingerprint density at radius 1 is 1.20 bits per heavy atom. The molecule has 0 saturated heterocycles. The number of carbonyl (C=O) groups excluding carboxylic acids is 2. The molecule has 0 aliphatic rings. The van der Waals surface area contributed by atoms with Gasteiger partial charge in [-0.15, -0.1) is 0 Å². The van der Waals surface area contributed by atoms with Crippen LogP contribution in [0, 0.1) is 0 Å². The Morgan fingerprint density at radius 3 is 2.20 bits per heavy atom. The van der Waals surface area contributed by atoms with Crippen LogP contribution in [-0.4, -0.2) is 25.7 Å². The molecule has 0 bridgehead atoms. The van der Waals surface area contributed by atoms with E-state index in [0.29, 0.717) is 6.42 Å². The van der Waals surface area contributed by atoms with Gasteiger partial charge < -0.3 is 9.47 Å². The first-order valence-corrected chi connectivity index (χ1v) is 4.72. The summed E-state index contributed by atoms with van der Waals surface area (Å²) in [6.07, 6.45) is 0.689. The maximum atomic E-state index is 13.4. The summed E-state index contributed by atoms with van der Waals surface area (Å²) in [4.78, 5) is 22.1. The smallest absolute Gasteiger partial charge is 0.367 e. The zero-order valence-electron chi connectivity index (χ0n) is 9.13. The second kappa shape index (κ2) is 6.98. The monoisotopic (exact) mass is 218 g/mol. The number of hydrogen-bond acceptors (Lipinski definition) is 4. The van der Waals surface area contributed by atoms with Crippen LogP contribution in [0.4, 0.5) is 4.39 Å². The van der Waals surface area contributed by atoms with Crippen LogP contribution >= 0.6 is 0 Å². The molecule has 0 aliphatic heterocycles. The molecular formula is C10H15FO4. The van der Waals surface area contributed by atoms with E-state index in [0.717, 1.165) is 7.11 Å². The van der Waals surface area contributed by atoms with Gasteiger partial charge in [-0.25, -0.2) is 9.59 Å². The number of ether oxygens (including phenoxy) is 2. The predicted octanol–water partition coefficient (Wildman–Crippen LogP) is 1.75. The Kier molecular flexibility index (Phi) is 6.33. The van der Waals surface area contributed by atoms with Gasteiger partial charge in [-0.2, -0.15) is 4.39 Å². The fourth-order valence-corrected chi connectivity index (χ4v) is 0.992. The molecular weight excluding hydrogens is 203 g/mol. The SMILES string of the molecule is CCC/C(C(=O)OC)=C(\F)C(=O)OCC. The highest BCUT2D eigenvalue weighted by Gasteiger charge is 2.22. The molecule has 0 aromatic heterocycles. The summed E-state index contributed by atoms with van der Waals surface area (Å²) in [5, 5.41) is 0. The van der Waals surface area contributed by atoms with E-state index in [1.807, 2.05) is 0 Å². The molecule has 0 N–H and O–H groups in total. The number of methoxy groups -OCH3 is 1. The van der Waals surface area contributed by atoms with E-state index < -0.39 is 17.8 Å². The molecule has 0 spiro atoms. The van der Waals surface area contributed by atoms with Crippen molar-refractivity contribution in [2.24, 2.45) is 0 Å². The lowest BCUT2D eigenvalue weighted by Gasteiger charge is -2.05. The molecule has 0 aromatic carbocycles. The van der Waals surface area contributed by atoms with Crippen molar-refractivity contribution in [1.29, 1.82) is 0 Å². The Morgan fingerprint density at radius 2 is 1.80 bits per heavy atom. The molecule has 0 aliphatic carbocycles. The molecule has 0 heterocycles. The Labute approximate surface area is 88.0 Å². The van der Waals surface area contributed by atoms with Gasteiger partial charge in [0.05, 0.1) is 19.3 Å². The standard InChI is InChI=1S/C10H15FO4/c1-4-6-7(9(12)14-3)8(11)10(13)15-5-2/h4-6H2,1-3H3/b8-7+. The van der Waals surface area contributed by atoms with Crippen molar-refractivity contribution in [2.75, 3.05) is 13.7 Å². The predicted molar refractivity (Wildman–Crippen MR) is 51.7 cm³/mol. The van der Waals surface area contributed by atoms with Gasteiger partial charge >= 0.3 is 11.9 Å². The Bertz CT molecular complexity index is 271. The Balaban J connectivity index is 4.90. The van der Waals surface area contributed by atoms with Crippen molar-refractivity contribution >= 4 is 11.9 Å². The minimum absolute atomic E-state index is 0.0623. The molecule has 0 fully saturated rings. The van der Waals surface area contributed by atoms with Gasteiger partial charge in [0.1, 0.15) is 0 Å². The van der Waals surface area contributed by atoms with Gasteiger partial charge in [0, 0.05) is 0 Å². The van der Waals surface area contributed by atoms with Crippen LogP contribution in [0.3, 0.4) is 0 Å². The molecule has 0 amide bonds. The van der Waals surface area contributed by atoms with Crippen LogP contribution < -0.4 is 0 Å². The van der Waals surface area contributed by atoms with Crippen LogP contribution in [0.1, 0.15) is 26.7 Å². The Hall–Kier alpha value is -1.39. The van der Waals surface area contributed by atoms with Crippen molar-refractivity contribution in [3.8, 4) is 0 Å². The molecule has 5 heteroatoms. The van der Waals surface area contributed by atoms with Gasteiger partial charge in [-0.3, -0.25) is 0 Å². The minimum atomic E-state index is -1.16. The number of rotatable bonds is 5. The molecule has 0 radical (unpaired) electrons. The van der Waals surface area contributed by atoms with Crippen molar-refractivity contribution in [2.45, 2.75) is 26.7 Å². The molecule has 0 unspecified atom stereocenters. The summed E-state index contributed by atoms with van der Waals surface area (Å²) in [7, 11) is 1.14. The average molecular weight is 218 g/mol. The molecule has 0 aromatic rings. The fraction of sp³-hybridized carbons (Fsp3) is 0.600. The maximum Gasteiger partial charge on any atom is 0.367 e. The van der Waals surface area contributed by atoms with Gasteiger partial charge in [-0.1, -0.05) is 13.3 Å². The first-order chi connectivity index (χ1) is 7.08. The van der Waals surface area contributed by atoms with Gasteiger partial charge in [0.15, 0.2) is 0 Å². The zero-order chi connectivity index (χ0) is 11.8. The third-order valence-electron chi connectivity index (χ3n) is 1.65. The third kappa shape index (κ3) is 4.10. The molecule has 0 atom stereocenters. The quantitative estimate of drug-likeness (QED) is 0.521. The molecule has 15 heavy (non-hydrogen) atoms. The highest BCUT2D eigenvalue weighted by atomic mass is 19.1. The number of hydrogen-bond donors (Lipinski definition) is 0. The first-order valence-electron chi connectivity index (χ1n) is 4.72. The van der Waals surface area contributed by atoms with Gasteiger partial charge in [0.2, 0.25) is 5.83 Å². The topological polar surface area (TPSA) is 52.6 Å². The van der Waals surface area contributed by atoms with E-state index in [1.165, 1.54) is 0 Å². The van der Waals surface area contributed by atoms with Crippen LogP contribution in [0.15, 0.2) is 11.4 Å². The van der Waals surface area contributed by atoms with E-state index in [9.17, 15) is 14.0 Å². The molecule has 0 rings (SSSR count). The second-order valence-electron chi connectivity index (χ2n) is 2.75. The minimum Gasteiger partial charge on any atom is -0.466 e. The van der Waals surface area contributed by atoms with Crippen LogP contribution in [0.25, 0.3) is 0 Å². The normalized spacial score (nSPS) is 11.7. The van der Waals surface area contributed by atoms with Crippen LogP contribution in [0.5, 0.6) is 0 Å². The lowest BCUT2D eigenvalue weighted by Crippen LogP contribution is -2.13. The van der Waals surface area contributed by atoms with E-state index in [1.54, 1.807) is 13.8 Å². The summed E-state index contributed by atoms with van der Waals surface area (Å²) in [6.45, 7) is 3.39. The fourth-order valence-electron chi connectivity index (χ4n) is 0.992. The average Bonchev–Trinajstić information content (AvgIpc) is 2.24. The van der Waals surface area contributed by atoms with Crippen LogP contribution in [0.2, 0.25) is 0 Å². The van der Waals surface area contributed by atoms with Gasteiger partial charge in [0.25, 0.3) is 0 Å². The van der Waals surface area contributed by atoms with E-state index in [2.05, 4.69) is 9.47 Å². The largest absolute Gasteiger partial charge is 0.466 e. The number of carbonyl (C=O) groups is 2. The highest BCUT2D eigenvalue weighted by molar-refractivity contribution is 5.98. The van der Waals surface area contributed by atoms with Gasteiger partial charge in [-0.05, 0) is 13.3 Å². The van der Waals surface area contributed by atoms with Crippen molar-refractivity contribution in [3.05, 3.63) is 11.4 Å². The van der Waals surface area contributed by atoms with Crippen molar-refractivity contribution in [3.63, 3.8) is 0 Å². The second-order valence-corrected chi connectivity index (χ2v) is 2.75. The highest BCUT2D eigenvalue weighted by Crippen LogP contribution is 2.15. The summed E-state index contributed by atoms with van der Waals surface area (Å²) in [6, 6.07) is 0. The lowest BCUT2D eigenvalue weighted by molar-refractivity contribution is -0.142. The maximum absolute atomic E-state index is 13.4. The molecule has 0 saturated carbocycles. The summed E-state index contributed by atoms with van der Waals surface area (Å²) < 4.78 is 22.2.